The van der Waals surface area contributed by atoms with Crippen molar-refractivity contribution in [3.63, 3.8) is 0 Å². The van der Waals surface area contributed by atoms with Crippen LogP contribution in [0.1, 0.15) is 43.5 Å². The molecule has 1 aromatic rings. The first kappa shape index (κ1) is 20.7. The number of benzene rings is 1. The number of nitrogens with zero attached hydrogens (tertiary/aromatic N) is 1. The molecule has 3 N–H and O–H groups in total. The summed E-state index contributed by atoms with van der Waals surface area (Å²) in [6.45, 7) is 6.20. The molecule has 1 fully saturated rings. The molecule has 1 aromatic carbocycles. The third-order valence-corrected chi connectivity index (χ3v) is 4.78. The van der Waals surface area contributed by atoms with Crippen LogP contribution in [-0.4, -0.2) is 55.0 Å². The Labute approximate surface area is 160 Å². The van der Waals surface area contributed by atoms with Gasteiger partial charge in [-0.05, 0) is 44.2 Å². The van der Waals surface area contributed by atoms with Gasteiger partial charge in [0.15, 0.2) is 0 Å². The third-order valence-electron chi connectivity index (χ3n) is 4.78. The summed E-state index contributed by atoms with van der Waals surface area (Å²) in [5, 5.41) is 8.61. The van der Waals surface area contributed by atoms with Gasteiger partial charge in [-0.25, -0.2) is 4.79 Å². The summed E-state index contributed by atoms with van der Waals surface area (Å²) in [6.07, 6.45) is 2.19. The molecule has 1 atom stereocenters. The molecule has 1 aliphatic rings. The second-order valence-electron chi connectivity index (χ2n) is 6.77. The van der Waals surface area contributed by atoms with Gasteiger partial charge in [-0.1, -0.05) is 25.1 Å². The quantitative estimate of drug-likeness (QED) is 0.679. The van der Waals surface area contributed by atoms with Crippen LogP contribution < -0.4 is 16.0 Å². The molecule has 0 spiro atoms. The van der Waals surface area contributed by atoms with Crippen LogP contribution in [0.2, 0.25) is 0 Å². The molecular weight excluding hydrogens is 344 g/mol. The van der Waals surface area contributed by atoms with E-state index in [2.05, 4.69) is 16.0 Å². The summed E-state index contributed by atoms with van der Waals surface area (Å²) >= 11 is 0. The summed E-state index contributed by atoms with van der Waals surface area (Å²) in [5.74, 6) is -0.406. The van der Waals surface area contributed by atoms with E-state index in [0.29, 0.717) is 44.6 Å². The van der Waals surface area contributed by atoms with Gasteiger partial charge in [-0.15, -0.1) is 0 Å². The van der Waals surface area contributed by atoms with Crippen LogP contribution in [0, 0.1) is 5.92 Å². The van der Waals surface area contributed by atoms with Crippen LogP contribution >= 0.6 is 0 Å². The van der Waals surface area contributed by atoms with Gasteiger partial charge in [0.2, 0.25) is 5.91 Å². The lowest BCUT2D eigenvalue weighted by Gasteiger charge is -2.35. The largest absolute Gasteiger partial charge is 0.354 e. The number of amides is 4. The van der Waals surface area contributed by atoms with E-state index in [4.69, 9.17) is 0 Å². The Morgan fingerprint density at radius 3 is 2.33 bits per heavy atom. The first-order chi connectivity index (χ1) is 13.1. The number of nitrogens with one attached hydrogen (secondary N) is 3. The normalized spacial score (nSPS) is 15.7. The van der Waals surface area contributed by atoms with E-state index in [1.165, 1.54) is 0 Å². The number of carbonyl (C=O) groups is 3. The number of carbonyl (C=O) groups excluding carboxylic acids is 3. The highest BCUT2D eigenvalue weighted by molar-refractivity contribution is 5.97. The Balaban J connectivity index is 2.03. The van der Waals surface area contributed by atoms with Crippen molar-refractivity contribution in [3.05, 3.63) is 35.9 Å². The minimum atomic E-state index is -0.597. The van der Waals surface area contributed by atoms with Gasteiger partial charge >= 0.3 is 6.03 Å². The summed E-state index contributed by atoms with van der Waals surface area (Å²) in [6, 6.07) is 8.23. The molecule has 0 bridgehead atoms. The molecule has 7 nitrogen and oxygen atoms in total. The fourth-order valence-electron chi connectivity index (χ4n) is 3.27. The number of hydrogen-bond acceptors (Lipinski definition) is 3. The predicted octanol–water partition coefficient (Wildman–Crippen LogP) is 1.75. The van der Waals surface area contributed by atoms with E-state index in [1.54, 1.807) is 29.2 Å². The maximum Gasteiger partial charge on any atom is 0.317 e. The Morgan fingerprint density at radius 1 is 1.07 bits per heavy atom. The van der Waals surface area contributed by atoms with Crippen molar-refractivity contribution >= 4 is 17.8 Å². The zero-order chi connectivity index (χ0) is 19.6. The molecule has 1 aliphatic heterocycles. The van der Waals surface area contributed by atoms with Crippen LogP contribution in [-0.2, 0) is 4.79 Å². The van der Waals surface area contributed by atoms with Gasteiger partial charge in [0.1, 0.15) is 6.04 Å². The Bertz CT molecular complexity index is 627. The summed E-state index contributed by atoms with van der Waals surface area (Å²) in [4.78, 5) is 39.0. The van der Waals surface area contributed by atoms with Crippen LogP contribution in [0.4, 0.5) is 4.79 Å². The fourth-order valence-corrected chi connectivity index (χ4v) is 3.27. The van der Waals surface area contributed by atoms with Crippen molar-refractivity contribution in [2.75, 3.05) is 26.2 Å². The second kappa shape index (κ2) is 10.5. The summed E-state index contributed by atoms with van der Waals surface area (Å²) in [5.41, 5.74) is 0.533. The monoisotopic (exact) mass is 374 g/mol. The Kier molecular flexibility index (Phi) is 8.10. The summed E-state index contributed by atoms with van der Waals surface area (Å²) in [7, 11) is 0. The smallest absolute Gasteiger partial charge is 0.317 e. The van der Waals surface area contributed by atoms with Crippen LogP contribution in [0.3, 0.4) is 0 Å². The zero-order valence-electron chi connectivity index (χ0n) is 16.2. The molecule has 0 unspecified atom stereocenters. The lowest BCUT2D eigenvalue weighted by Crippen LogP contribution is -2.54. The van der Waals surface area contributed by atoms with Gasteiger partial charge in [-0.3, -0.25) is 9.59 Å². The van der Waals surface area contributed by atoms with Crippen molar-refractivity contribution in [1.82, 2.24) is 20.9 Å². The van der Waals surface area contributed by atoms with Crippen LogP contribution in [0.15, 0.2) is 30.3 Å². The molecule has 27 heavy (non-hydrogen) atoms. The summed E-state index contributed by atoms with van der Waals surface area (Å²) < 4.78 is 0. The standard InChI is InChI=1S/C20H30N4O3/c1-3-12-22-19(26)17(23-18(25)16-8-6-5-7-9-16)15-10-13-24(14-11-15)20(27)21-4-2/h5-9,15,17H,3-4,10-14H2,1-2H3,(H,21,27)(H,22,26)(H,23,25)/t17-/m1/s1. The molecule has 2 rings (SSSR count). The van der Waals surface area contributed by atoms with Gasteiger partial charge < -0.3 is 20.9 Å². The number of likely N-dealkylation sites (tertiary alicyclic amines) is 1. The molecule has 0 aromatic heterocycles. The number of hydrogen-bond donors (Lipinski definition) is 3. The predicted molar refractivity (Wildman–Crippen MR) is 104 cm³/mol. The minimum absolute atomic E-state index is 0.000180. The highest BCUT2D eigenvalue weighted by Crippen LogP contribution is 2.21. The van der Waals surface area contributed by atoms with E-state index in [9.17, 15) is 14.4 Å². The van der Waals surface area contributed by atoms with Gasteiger partial charge in [0.25, 0.3) is 5.91 Å². The van der Waals surface area contributed by atoms with Crippen molar-refractivity contribution < 1.29 is 14.4 Å². The first-order valence-electron chi connectivity index (χ1n) is 9.73. The average Bonchev–Trinajstić information content (AvgIpc) is 2.71. The van der Waals surface area contributed by atoms with Gasteiger partial charge in [0, 0.05) is 31.7 Å². The average molecular weight is 374 g/mol. The van der Waals surface area contributed by atoms with Crippen molar-refractivity contribution in [1.29, 1.82) is 0 Å². The highest BCUT2D eigenvalue weighted by Gasteiger charge is 2.33. The van der Waals surface area contributed by atoms with E-state index in [1.807, 2.05) is 19.9 Å². The topological polar surface area (TPSA) is 90.5 Å². The minimum Gasteiger partial charge on any atom is -0.354 e. The lowest BCUT2D eigenvalue weighted by atomic mass is 9.88. The molecule has 0 radical (unpaired) electrons. The molecule has 1 saturated heterocycles. The maximum absolute atomic E-state index is 12.7. The van der Waals surface area contributed by atoms with Crippen molar-refractivity contribution in [3.8, 4) is 0 Å². The molecule has 0 aliphatic carbocycles. The lowest BCUT2D eigenvalue weighted by molar-refractivity contribution is -0.124. The Hall–Kier alpha value is -2.57. The van der Waals surface area contributed by atoms with Gasteiger partial charge in [0.05, 0.1) is 0 Å². The highest BCUT2D eigenvalue weighted by atomic mass is 16.2. The number of rotatable bonds is 7. The van der Waals surface area contributed by atoms with E-state index in [0.717, 1.165) is 6.42 Å². The maximum atomic E-state index is 12.7. The first-order valence-corrected chi connectivity index (χ1v) is 9.73. The van der Waals surface area contributed by atoms with E-state index < -0.39 is 6.04 Å². The van der Waals surface area contributed by atoms with Gasteiger partial charge in [-0.2, -0.15) is 0 Å². The number of piperidine rings is 1. The van der Waals surface area contributed by atoms with Crippen LogP contribution in [0.25, 0.3) is 0 Å². The third kappa shape index (κ3) is 5.98. The van der Waals surface area contributed by atoms with E-state index in [-0.39, 0.29) is 23.8 Å². The van der Waals surface area contributed by atoms with Crippen molar-refractivity contribution in [2.45, 2.75) is 39.2 Å². The second-order valence-corrected chi connectivity index (χ2v) is 6.77. The fraction of sp³-hybridized carbons (Fsp3) is 0.550. The number of urea groups is 1. The molecule has 1 heterocycles. The molecule has 7 heteroatoms. The zero-order valence-corrected chi connectivity index (χ0v) is 16.2. The van der Waals surface area contributed by atoms with Crippen molar-refractivity contribution in [2.24, 2.45) is 5.92 Å². The van der Waals surface area contributed by atoms with Crippen LogP contribution in [0.5, 0.6) is 0 Å². The Morgan fingerprint density at radius 2 is 1.74 bits per heavy atom. The molecule has 4 amide bonds. The molecule has 0 saturated carbocycles. The SMILES string of the molecule is CCCNC(=O)[C@H](NC(=O)c1ccccc1)C1CCN(C(=O)NCC)CC1. The molecule has 148 valence electrons. The van der Waals surface area contributed by atoms with E-state index >= 15 is 0 Å². The molecular formula is C20H30N4O3.